The Bertz CT molecular complexity index is 572. The molecule has 1 N–H and O–H groups in total. The molecule has 0 bridgehead atoms. The first-order chi connectivity index (χ1) is 10.3. The van der Waals surface area contributed by atoms with Gasteiger partial charge in [-0.15, -0.1) is 0 Å². The van der Waals surface area contributed by atoms with Crippen molar-refractivity contribution in [2.24, 2.45) is 5.92 Å². The monoisotopic (exact) mass is 302 g/mol. The molecule has 1 aliphatic heterocycles. The van der Waals surface area contributed by atoms with Gasteiger partial charge in [-0.05, 0) is 38.8 Å². The average Bonchev–Trinajstić information content (AvgIpc) is 2.40. The molecular formula is C18H26N2O2. The fourth-order valence-electron chi connectivity index (χ4n) is 3.22. The van der Waals surface area contributed by atoms with E-state index in [4.69, 9.17) is 0 Å². The van der Waals surface area contributed by atoms with Gasteiger partial charge < -0.3 is 5.32 Å². The summed E-state index contributed by atoms with van der Waals surface area (Å²) in [5, 5.41) is 3.03. The summed E-state index contributed by atoms with van der Waals surface area (Å²) in [6.45, 7) is 11.0. The Balaban J connectivity index is 2.03. The van der Waals surface area contributed by atoms with E-state index < -0.39 is 0 Å². The maximum atomic E-state index is 12.4. The van der Waals surface area contributed by atoms with Crippen molar-refractivity contribution in [2.75, 3.05) is 18.4 Å². The summed E-state index contributed by atoms with van der Waals surface area (Å²) in [4.78, 5) is 26.2. The van der Waals surface area contributed by atoms with Gasteiger partial charge in [0.1, 0.15) is 5.78 Å². The van der Waals surface area contributed by atoms with Crippen molar-refractivity contribution >= 4 is 17.4 Å². The van der Waals surface area contributed by atoms with Gasteiger partial charge in [-0.1, -0.05) is 24.6 Å². The number of hydrogen-bond acceptors (Lipinski definition) is 3. The number of Topliss-reactive ketones (excluding diaryl/α,β-unsaturated/α-hetero) is 1. The molecule has 22 heavy (non-hydrogen) atoms. The van der Waals surface area contributed by atoms with Crippen LogP contribution in [-0.4, -0.2) is 35.7 Å². The Morgan fingerprint density at radius 3 is 2.41 bits per heavy atom. The zero-order chi connectivity index (χ0) is 16.4. The molecule has 0 saturated carbocycles. The molecule has 0 radical (unpaired) electrons. The molecule has 2 rings (SSSR count). The number of hydrogen-bond donors (Lipinski definition) is 1. The number of amides is 1. The van der Waals surface area contributed by atoms with Crippen LogP contribution < -0.4 is 5.32 Å². The fourth-order valence-corrected chi connectivity index (χ4v) is 3.22. The normalized spacial score (nSPS) is 22.7. The van der Waals surface area contributed by atoms with Gasteiger partial charge in [0.15, 0.2) is 0 Å². The van der Waals surface area contributed by atoms with Gasteiger partial charge in [-0.25, -0.2) is 0 Å². The van der Waals surface area contributed by atoms with Crippen molar-refractivity contribution < 1.29 is 9.59 Å². The number of anilines is 1. The number of benzene rings is 1. The predicted octanol–water partition coefficient (Wildman–Crippen LogP) is 2.85. The van der Waals surface area contributed by atoms with Crippen LogP contribution in [0.3, 0.4) is 0 Å². The van der Waals surface area contributed by atoms with Crippen LogP contribution in [-0.2, 0) is 9.59 Å². The Labute approximate surface area is 132 Å². The van der Waals surface area contributed by atoms with Gasteiger partial charge in [-0.2, -0.15) is 0 Å². The number of nitrogens with one attached hydrogen (secondary N) is 1. The number of piperidine rings is 1. The second-order valence-corrected chi connectivity index (χ2v) is 6.67. The van der Waals surface area contributed by atoms with E-state index in [1.54, 1.807) is 0 Å². The van der Waals surface area contributed by atoms with Crippen LogP contribution in [0.25, 0.3) is 0 Å². The van der Waals surface area contributed by atoms with Gasteiger partial charge >= 0.3 is 0 Å². The summed E-state index contributed by atoms with van der Waals surface area (Å²) in [6, 6.07) is 4.29. The quantitative estimate of drug-likeness (QED) is 0.934. The largest absolute Gasteiger partial charge is 0.324 e. The molecule has 1 heterocycles. The minimum absolute atomic E-state index is 0.0107. The van der Waals surface area contributed by atoms with Crippen LogP contribution in [0.1, 0.15) is 37.0 Å². The van der Waals surface area contributed by atoms with Crippen LogP contribution in [0.15, 0.2) is 12.1 Å². The lowest BCUT2D eigenvalue weighted by atomic mass is 9.93. The van der Waals surface area contributed by atoms with E-state index in [1.807, 2.05) is 27.7 Å². The number of ketones is 1. The minimum Gasteiger partial charge on any atom is -0.324 e. The first-order valence-corrected chi connectivity index (χ1v) is 7.92. The highest BCUT2D eigenvalue weighted by molar-refractivity contribution is 5.94. The highest BCUT2D eigenvalue weighted by Gasteiger charge is 2.30. The Hall–Kier alpha value is -1.68. The molecular weight excluding hydrogens is 276 g/mol. The van der Waals surface area contributed by atoms with Crippen LogP contribution >= 0.6 is 0 Å². The lowest BCUT2D eigenvalue weighted by molar-refractivity contribution is -0.129. The highest BCUT2D eigenvalue weighted by Crippen LogP contribution is 2.23. The Morgan fingerprint density at radius 1 is 1.23 bits per heavy atom. The Morgan fingerprint density at radius 2 is 1.82 bits per heavy atom. The first-order valence-electron chi connectivity index (χ1n) is 7.92. The lowest BCUT2D eigenvalue weighted by Gasteiger charge is -2.35. The number of carbonyl (C=O) groups is 2. The van der Waals surface area contributed by atoms with Crippen molar-refractivity contribution in [3.05, 3.63) is 28.8 Å². The number of rotatable bonds is 3. The van der Waals surface area contributed by atoms with E-state index in [0.29, 0.717) is 25.3 Å². The SMILES string of the molecule is Cc1cc(C)c(NC(=O)CN2C[C@@H](C)C(=O)C[C@@H]2C)c(C)c1. The minimum atomic E-state index is -0.0107. The predicted molar refractivity (Wildman–Crippen MR) is 89.1 cm³/mol. The van der Waals surface area contributed by atoms with Gasteiger partial charge in [-0.3, -0.25) is 14.5 Å². The van der Waals surface area contributed by atoms with Crippen LogP contribution in [0, 0.1) is 26.7 Å². The van der Waals surface area contributed by atoms with Crippen molar-refractivity contribution in [1.29, 1.82) is 0 Å². The molecule has 0 unspecified atom stereocenters. The maximum absolute atomic E-state index is 12.4. The van der Waals surface area contributed by atoms with Gasteiger partial charge in [0.2, 0.25) is 5.91 Å². The Kier molecular flexibility index (Phi) is 5.01. The third kappa shape index (κ3) is 3.74. The summed E-state index contributed by atoms with van der Waals surface area (Å²) in [5.41, 5.74) is 4.27. The number of likely N-dealkylation sites (tertiary alicyclic amines) is 1. The molecule has 4 nitrogen and oxygen atoms in total. The molecule has 0 spiro atoms. The molecule has 1 saturated heterocycles. The third-order valence-electron chi connectivity index (χ3n) is 4.47. The molecule has 120 valence electrons. The second kappa shape index (κ2) is 6.61. The molecule has 1 amide bonds. The van der Waals surface area contributed by atoms with Gasteiger partial charge in [0.25, 0.3) is 0 Å². The molecule has 1 fully saturated rings. The topological polar surface area (TPSA) is 49.4 Å². The lowest BCUT2D eigenvalue weighted by Crippen LogP contribution is -2.48. The third-order valence-corrected chi connectivity index (χ3v) is 4.47. The van der Waals surface area contributed by atoms with E-state index in [-0.39, 0.29) is 17.9 Å². The van der Waals surface area contributed by atoms with E-state index in [0.717, 1.165) is 16.8 Å². The molecule has 1 aromatic rings. The summed E-state index contributed by atoms with van der Waals surface area (Å²) < 4.78 is 0. The zero-order valence-electron chi connectivity index (χ0n) is 14.2. The number of aryl methyl sites for hydroxylation is 3. The molecule has 1 aliphatic rings. The van der Waals surface area contributed by atoms with Crippen molar-refractivity contribution in [3.63, 3.8) is 0 Å². The number of carbonyl (C=O) groups excluding carboxylic acids is 2. The summed E-state index contributed by atoms with van der Waals surface area (Å²) in [7, 11) is 0. The standard InChI is InChI=1S/C18H26N2O2/c1-11-6-12(2)18(13(3)7-11)19-17(22)10-20-9-14(4)16(21)8-15(20)5/h6-7,14-15H,8-10H2,1-5H3,(H,19,22)/t14-,15+/m1/s1. The maximum Gasteiger partial charge on any atom is 0.238 e. The zero-order valence-corrected chi connectivity index (χ0v) is 14.2. The van der Waals surface area contributed by atoms with E-state index >= 15 is 0 Å². The summed E-state index contributed by atoms with van der Waals surface area (Å²) in [5.74, 6) is 0.310. The second-order valence-electron chi connectivity index (χ2n) is 6.67. The van der Waals surface area contributed by atoms with Crippen LogP contribution in [0.5, 0.6) is 0 Å². The smallest absolute Gasteiger partial charge is 0.238 e. The highest BCUT2D eigenvalue weighted by atomic mass is 16.2. The summed E-state index contributed by atoms with van der Waals surface area (Å²) >= 11 is 0. The number of nitrogens with zero attached hydrogens (tertiary/aromatic N) is 1. The molecule has 4 heteroatoms. The van der Waals surface area contributed by atoms with Crippen molar-refractivity contribution in [3.8, 4) is 0 Å². The van der Waals surface area contributed by atoms with E-state index in [2.05, 4.69) is 29.3 Å². The van der Waals surface area contributed by atoms with Gasteiger partial charge in [0, 0.05) is 30.6 Å². The average molecular weight is 302 g/mol. The first kappa shape index (κ1) is 16.7. The molecule has 0 aliphatic carbocycles. The van der Waals surface area contributed by atoms with Crippen LogP contribution in [0.4, 0.5) is 5.69 Å². The molecule has 2 atom stereocenters. The van der Waals surface area contributed by atoms with Crippen LogP contribution in [0.2, 0.25) is 0 Å². The van der Waals surface area contributed by atoms with E-state index in [1.165, 1.54) is 5.56 Å². The van der Waals surface area contributed by atoms with Crippen molar-refractivity contribution in [1.82, 2.24) is 4.90 Å². The van der Waals surface area contributed by atoms with E-state index in [9.17, 15) is 9.59 Å². The summed E-state index contributed by atoms with van der Waals surface area (Å²) in [6.07, 6.45) is 0.539. The van der Waals surface area contributed by atoms with Gasteiger partial charge in [0.05, 0.1) is 6.54 Å². The fraction of sp³-hybridized carbons (Fsp3) is 0.556. The van der Waals surface area contributed by atoms with Crippen molar-refractivity contribution in [2.45, 2.75) is 47.1 Å². The molecule has 1 aromatic carbocycles. The molecule has 0 aromatic heterocycles.